The quantitative estimate of drug-likeness (QED) is 0.595. The van der Waals surface area contributed by atoms with Crippen LogP contribution in [0.25, 0.3) is 10.4 Å². The molecule has 0 aliphatic heterocycles. The van der Waals surface area contributed by atoms with Gasteiger partial charge in [0, 0.05) is 41.2 Å². The molecule has 8 heteroatoms. The number of anilines is 1. The SMILES string of the molecule is COc1ccccc1-c1cc(=O)n(CCC(=O)Nc2cccc(O)c2)c(=S)s1. The number of nitrogens with one attached hydrogen (secondary N) is 1. The van der Waals surface area contributed by atoms with E-state index in [9.17, 15) is 14.7 Å². The highest BCUT2D eigenvalue weighted by molar-refractivity contribution is 7.73. The second-order valence-electron chi connectivity index (χ2n) is 5.92. The molecule has 1 amide bonds. The van der Waals surface area contributed by atoms with Crippen molar-refractivity contribution in [2.24, 2.45) is 0 Å². The Hall–Kier alpha value is -2.97. The summed E-state index contributed by atoms with van der Waals surface area (Å²) in [6.45, 7) is 0.172. The van der Waals surface area contributed by atoms with Crippen molar-refractivity contribution in [3.8, 4) is 21.9 Å². The topological polar surface area (TPSA) is 80.6 Å². The van der Waals surface area contributed by atoms with Gasteiger partial charge in [0.05, 0.1) is 7.11 Å². The summed E-state index contributed by atoms with van der Waals surface area (Å²) in [6, 6.07) is 15.2. The highest BCUT2D eigenvalue weighted by Crippen LogP contribution is 2.31. The Kier molecular flexibility index (Phi) is 6.23. The maximum absolute atomic E-state index is 12.5. The van der Waals surface area contributed by atoms with E-state index < -0.39 is 0 Å². The molecule has 0 spiro atoms. The number of carbonyl (C=O) groups is 1. The predicted molar refractivity (Wildman–Crippen MR) is 113 cm³/mol. The number of ether oxygens (including phenoxy) is 1. The third-order valence-electron chi connectivity index (χ3n) is 4.00. The van der Waals surface area contributed by atoms with E-state index in [2.05, 4.69) is 5.32 Å². The first kappa shape index (κ1) is 19.8. The van der Waals surface area contributed by atoms with Crippen LogP contribution < -0.4 is 15.6 Å². The van der Waals surface area contributed by atoms with E-state index in [4.69, 9.17) is 17.0 Å². The van der Waals surface area contributed by atoms with Gasteiger partial charge in [0.2, 0.25) is 5.91 Å². The highest BCUT2D eigenvalue weighted by atomic mass is 32.1. The van der Waals surface area contributed by atoms with E-state index in [1.807, 2.05) is 24.3 Å². The second-order valence-corrected chi connectivity index (χ2v) is 7.59. The molecule has 6 nitrogen and oxygen atoms in total. The van der Waals surface area contributed by atoms with Gasteiger partial charge in [-0.2, -0.15) is 0 Å². The first-order chi connectivity index (χ1) is 13.5. The molecule has 2 N–H and O–H groups in total. The molecule has 28 heavy (non-hydrogen) atoms. The lowest BCUT2D eigenvalue weighted by Gasteiger charge is -2.10. The number of methoxy groups -OCH3 is 1. The number of carbonyl (C=O) groups excluding carboxylic acids is 1. The van der Waals surface area contributed by atoms with Crippen molar-refractivity contribution in [2.75, 3.05) is 12.4 Å². The number of para-hydroxylation sites is 1. The zero-order chi connectivity index (χ0) is 20.1. The Morgan fingerprint density at radius 1 is 1.21 bits per heavy atom. The van der Waals surface area contributed by atoms with Gasteiger partial charge in [0.25, 0.3) is 5.56 Å². The highest BCUT2D eigenvalue weighted by Gasteiger charge is 2.11. The molecule has 0 aliphatic rings. The number of phenols is 1. The van der Waals surface area contributed by atoms with Gasteiger partial charge in [-0.1, -0.05) is 18.2 Å². The standard InChI is InChI=1S/C20H18N2O4S2/c1-26-16-8-3-2-7-15(16)17-12-19(25)22(20(27)28-17)10-9-18(24)21-13-5-4-6-14(23)11-13/h2-8,11-12,23H,9-10H2,1H3,(H,21,24). The second kappa shape index (κ2) is 8.81. The van der Waals surface area contributed by atoms with Gasteiger partial charge in [-0.15, -0.1) is 11.3 Å². The number of nitrogens with zero attached hydrogens (tertiary/aromatic N) is 1. The first-order valence-corrected chi connectivity index (χ1v) is 9.67. The summed E-state index contributed by atoms with van der Waals surface area (Å²) in [7, 11) is 1.57. The Bertz CT molecular complexity index is 1090. The Balaban J connectivity index is 1.76. The number of hydrogen-bond acceptors (Lipinski definition) is 6. The smallest absolute Gasteiger partial charge is 0.253 e. The third kappa shape index (κ3) is 4.65. The minimum atomic E-state index is -0.272. The van der Waals surface area contributed by atoms with Crippen molar-refractivity contribution in [1.82, 2.24) is 4.57 Å². The van der Waals surface area contributed by atoms with Gasteiger partial charge in [0.1, 0.15) is 11.5 Å². The fourth-order valence-corrected chi connectivity index (χ4v) is 4.03. The summed E-state index contributed by atoms with van der Waals surface area (Å²) in [6.07, 6.45) is 0.0833. The number of hydrogen-bond donors (Lipinski definition) is 2. The van der Waals surface area contributed by atoms with E-state index in [-0.39, 0.29) is 30.2 Å². The fourth-order valence-electron chi connectivity index (χ4n) is 2.66. The van der Waals surface area contributed by atoms with Gasteiger partial charge >= 0.3 is 0 Å². The molecule has 1 aromatic heterocycles. The van der Waals surface area contributed by atoms with Gasteiger partial charge < -0.3 is 15.2 Å². The minimum Gasteiger partial charge on any atom is -0.508 e. The average molecular weight is 415 g/mol. The van der Waals surface area contributed by atoms with Gasteiger partial charge in [0.15, 0.2) is 3.95 Å². The van der Waals surface area contributed by atoms with Gasteiger partial charge in [-0.25, -0.2) is 0 Å². The Morgan fingerprint density at radius 3 is 2.71 bits per heavy atom. The fraction of sp³-hybridized carbons (Fsp3) is 0.150. The molecule has 0 saturated heterocycles. The lowest BCUT2D eigenvalue weighted by Crippen LogP contribution is -2.22. The maximum Gasteiger partial charge on any atom is 0.253 e. The largest absolute Gasteiger partial charge is 0.508 e. The molecule has 3 rings (SSSR count). The van der Waals surface area contributed by atoms with E-state index in [1.165, 1.54) is 34.1 Å². The van der Waals surface area contributed by atoms with E-state index >= 15 is 0 Å². The van der Waals surface area contributed by atoms with Crippen molar-refractivity contribution in [1.29, 1.82) is 0 Å². The number of aromatic nitrogens is 1. The van der Waals surface area contributed by atoms with Crippen molar-refractivity contribution >= 4 is 35.1 Å². The number of amides is 1. The predicted octanol–water partition coefficient (Wildman–Crippen LogP) is 4.05. The van der Waals surface area contributed by atoms with Crippen LogP contribution in [0.1, 0.15) is 6.42 Å². The van der Waals surface area contributed by atoms with Crippen LogP contribution in [0.5, 0.6) is 11.5 Å². The summed E-state index contributed by atoms with van der Waals surface area (Å²) in [5.41, 5.74) is 1.02. The van der Waals surface area contributed by atoms with Crippen LogP contribution in [-0.2, 0) is 11.3 Å². The first-order valence-electron chi connectivity index (χ1n) is 8.45. The molecular formula is C20H18N2O4S2. The molecule has 0 aliphatic carbocycles. The van der Waals surface area contributed by atoms with Crippen LogP contribution in [0.4, 0.5) is 5.69 Å². The summed E-state index contributed by atoms with van der Waals surface area (Å²) in [4.78, 5) is 25.4. The van der Waals surface area contributed by atoms with Gasteiger partial charge in [-0.3, -0.25) is 14.2 Å². The normalized spacial score (nSPS) is 10.5. The summed E-state index contributed by atoms with van der Waals surface area (Å²) >= 11 is 6.67. The van der Waals surface area contributed by atoms with Crippen molar-refractivity contribution < 1.29 is 14.6 Å². The van der Waals surface area contributed by atoms with Crippen LogP contribution in [-0.4, -0.2) is 22.7 Å². The molecule has 0 unspecified atom stereocenters. The van der Waals surface area contributed by atoms with Crippen LogP contribution in [0, 0.1) is 3.95 Å². The number of rotatable bonds is 6. The maximum atomic E-state index is 12.5. The third-order valence-corrected chi connectivity index (χ3v) is 5.43. The van der Waals surface area contributed by atoms with E-state index in [0.717, 1.165) is 5.56 Å². The number of phenolic OH excluding ortho intramolecular Hbond substituents is 1. The van der Waals surface area contributed by atoms with Crippen LogP contribution in [0.2, 0.25) is 0 Å². The van der Waals surface area contributed by atoms with Crippen LogP contribution in [0.15, 0.2) is 59.4 Å². The Labute approximate surface area is 170 Å². The lowest BCUT2D eigenvalue weighted by atomic mass is 10.1. The van der Waals surface area contributed by atoms with Crippen LogP contribution >= 0.6 is 23.6 Å². The molecule has 0 fully saturated rings. The molecule has 0 bridgehead atoms. The molecule has 0 radical (unpaired) electrons. The van der Waals surface area contributed by atoms with E-state index in [0.29, 0.717) is 20.3 Å². The van der Waals surface area contributed by atoms with Crippen molar-refractivity contribution in [3.05, 3.63) is 68.9 Å². The molecule has 1 heterocycles. The zero-order valence-corrected chi connectivity index (χ0v) is 16.7. The summed E-state index contributed by atoms with van der Waals surface area (Å²) < 4.78 is 7.14. The van der Waals surface area contributed by atoms with E-state index in [1.54, 1.807) is 19.2 Å². The van der Waals surface area contributed by atoms with Gasteiger partial charge in [-0.05, 0) is 36.5 Å². The molecular weight excluding hydrogens is 396 g/mol. The summed E-state index contributed by atoms with van der Waals surface area (Å²) in [5.74, 6) is 0.456. The monoisotopic (exact) mass is 414 g/mol. The average Bonchev–Trinajstić information content (AvgIpc) is 2.67. The van der Waals surface area contributed by atoms with Crippen molar-refractivity contribution in [3.63, 3.8) is 0 Å². The molecule has 0 atom stereocenters. The Morgan fingerprint density at radius 2 is 2.00 bits per heavy atom. The minimum absolute atomic E-state index is 0.0654. The molecule has 144 valence electrons. The summed E-state index contributed by atoms with van der Waals surface area (Å²) in [5, 5.41) is 12.1. The lowest BCUT2D eigenvalue weighted by molar-refractivity contribution is -0.116. The molecule has 0 saturated carbocycles. The van der Waals surface area contributed by atoms with Crippen LogP contribution in [0.3, 0.4) is 0 Å². The number of benzene rings is 2. The molecule has 3 aromatic rings. The van der Waals surface area contributed by atoms with Crippen molar-refractivity contribution in [2.45, 2.75) is 13.0 Å². The zero-order valence-electron chi connectivity index (χ0n) is 15.0. The molecule has 2 aromatic carbocycles. The number of aromatic hydroxyl groups is 1.